The maximum atomic E-state index is 3.68. The molecule has 1 aliphatic rings. The lowest BCUT2D eigenvalue weighted by molar-refractivity contribution is 0.391. The van der Waals surface area contributed by atoms with Crippen molar-refractivity contribution in [3.05, 3.63) is 34.4 Å². The molecule has 0 aliphatic heterocycles. The third-order valence-electron chi connectivity index (χ3n) is 4.59. The third kappa shape index (κ3) is 3.14. The topological polar surface area (TPSA) is 12.0 Å². The largest absolute Gasteiger partial charge is 0.312 e. The summed E-state index contributed by atoms with van der Waals surface area (Å²) in [5.41, 5.74) is 5.73. The van der Waals surface area contributed by atoms with Gasteiger partial charge in [0.1, 0.15) is 0 Å². The van der Waals surface area contributed by atoms with Crippen LogP contribution in [0, 0.1) is 32.6 Å². The van der Waals surface area contributed by atoms with Crippen molar-refractivity contribution in [2.45, 2.75) is 53.5 Å². The number of nitrogens with one attached hydrogen (secondary N) is 1. The summed E-state index contributed by atoms with van der Waals surface area (Å²) >= 11 is 0. The summed E-state index contributed by atoms with van der Waals surface area (Å²) in [7, 11) is 0. The minimum absolute atomic E-state index is 0.899. The number of rotatable bonds is 4. The van der Waals surface area contributed by atoms with Crippen molar-refractivity contribution in [2.75, 3.05) is 6.54 Å². The molecule has 0 amide bonds. The van der Waals surface area contributed by atoms with Crippen molar-refractivity contribution >= 4 is 0 Å². The highest BCUT2D eigenvalue weighted by Crippen LogP contribution is 2.30. The first-order valence-electron chi connectivity index (χ1n) is 7.35. The monoisotopic (exact) mass is 245 g/mol. The lowest BCUT2D eigenvalue weighted by Crippen LogP contribution is -2.24. The standard InChI is InChI=1S/C17H27N/c1-12-8-14(3)17(15(4)9-12)11-18-10-16-7-5-6-13(16)2/h8-9,13,16,18H,5-7,10-11H2,1-4H3. The molecule has 18 heavy (non-hydrogen) atoms. The van der Waals surface area contributed by atoms with Gasteiger partial charge in [0.2, 0.25) is 0 Å². The SMILES string of the molecule is Cc1cc(C)c(CNCC2CCCC2C)c(C)c1. The Hall–Kier alpha value is -0.820. The van der Waals surface area contributed by atoms with E-state index in [1.807, 2.05) is 0 Å². The number of aryl methyl sites for hydroxylation is 3. The fourth-order valence-corrected chi connectivity index (χ4v) is 3.40. The van der Waals surface area contributed by atoms with E-state index in [2.05, 4.69) is 45.1 Å². The molecule has 1 saturated carbocycles. The Labute approximate surface area is 112 Å². The second-order valence-corrected chi connectivity index (χ2v) is 6.18. The quantitative estimate of drug-likeness (QED) is 0.840. The Bertz CT molecular complexity index is 385. The van der Waals surface area contributed by atoms with E-state index in [9.17, 15) is 0 Å². The smallest absolute Gasteiger partial charge is 0.0210 e. The van der Waals surface area contributed by atoms with Crippen LogP contribution in [-0.2, 0) is 6.54 Å². The van der Waals surface area contributed by atoms with Crippen LogP contribution in [0.3, 0.4) is 0 Å². The second kappa shape index (κ2) is 5.88. The zero-order chi connectivity index (χ0) is 13.1. The van der Waals surface area contributed by atoms with E-state index in [1.54, 1.807) is 0 Å². The zero-order valence-electron chi connectivity index (χ0n) is 12.3. The highest BCUT2D eigenvalue weighted by molar-refractivity contribution is 5.37. The van der Waals surface area contributed by atoms with Crippen molar-refractivity contribution in [1.29, 1.82) is 0 Å². The normalized spacial score (nSPS) is 23.6. The summed E-state index contributed by atoms with van der Waals surface area (Å²) in [4.78, 5) is 0. The van der Waals surface area contributed by atoms with Gasteiger partial charge in [0.25, 0.3) is 0 Å². The molecule has 1 heteroatoms. The van der Waals surface area contributed by atoms with Crippen LogP contribution in [0.1, 0.15) is 48.4 Å². The summed E-state index contributed by atoms with van der Waals surface area (Å²) in [6.07, 6.45) is 4.27. The van der Waals surface area contributed by atoms with Gasteiger partial charge in [0.15, 0.2) is 0 Å². The molecule has 0 bridgehead atoms. The summed E-state index contributed by atoms with van der Waals surface area (Å²) in [5.74, 6) is 1.81. The van der Waals surface area contributed by atoms with Gasteiger partial charge in [-0.25, -0.2) is 0 Å². The summed E-state index contributed by atoms with van der Waals surface area (Å²) in [5, 5.41) is 3.68. The number of hydrogen-bond acceptors (Lipinski definition) is 1. The Kier molecular flexibility index (Phi) is 4.45. The van der Waals surface area contributed by atoms with Gasteiger partial charge in [-0.3, -0.25) is 0 Å². The van der Waals surface area contributed by atoms with Crippen molar-refractivity contribution in [3.63, 3.8) is 0 Å². The van der Waals surface area contributed by atoms with Gasteiger partial charge in [-0.05, 0) is 62.3 Å². The summed E-state index contributed by atoms with van der Waals surface area (Å²) in [6, 6.07) is 4.59. The molecule has 0 radical (unpaired) electrons. The molecular weight excluding hydrogens is 218 g/mol. The molecule has 2 unspecified atom stereocenters. The zero-order valence-corrected chi connectivity index (χ0v) is 12.3. The van der Waals surface area contributed by atoms with E-state index in [0.29, 0.717) is 0 Å². The second-order valence-electron chi connectivity index (χ2n) is 6.18. The van der Waals surface area contributed by atoms with Crippen molar-refractivity contribution in [3.8, 4) is 0 Å². The van der Waals surface area contributed by atoms with Gasteiger partial charge in [0, 0.05) is 6.54 Å². The van der Waals surface area contributed by atoms with Crippen molar-refractivity contribution in [1.82, 2.24) is 5.32 Å². The Balaban J connectivity index is 1.90. The summed E-state index contributed by atoms with van der Waals surface area (Å²) in [6.45, 7) is 11.3. The molecule has 1 nitrogen and oxygen atoms in total. The first kappa shape index (κ1) is 13.6. The van der Waals surface area contributed by atoms with Crippen LogP contribution in [0.15, 0.2) is 12.1 Å². The van der Waals surface area contributed by atoms with Crippen molar-refractivity contribution < 1.29 is 0 Å². The molecule has 2 rings (SSSR count). The van der Waals surface area contributed by atoms with Gasteiger partial charge in [0.05, 0.1) is 0 Å². The molecule has 1 aliphatic carbocycles. The van der Waals surface area contributed by atoms with E-state index in [1.165, 1.54) is 48.1 Å². The minimum Gasteiger partial charge on any atom is -0.312 e. The number of hydrogen-bond donors (Lipinski definition) is 1. The molecule has 0 saturated heterocycles. The molecular formula is C17H27N. The van der Waals surface area contributed by atoms with Crippen LogP contribution < -0.4 is 5.32 Å². The molecule has 1 aromatic carbocycles. The molecule has 1 aromatic rings. The number of benzene rings is 1. The predicted molar refractivity (Wildman–Crippen MR) is 78.9 cm³/mol. The van der Waals surface area contributed by atoms with E-state index in [-0.39, 0.29) is 0 Å². The van der Waals surface area contributed by atoms with Crippen LogP contribution in [0.2, 0.25) is 0 Å². The lowest BCUT2D eigenvalue weighted by atomic mass is 9.97. The maximum absolute atomic E-state index is 3.68. The fraction of sp³-hybridized carbons (Fsp3) is 0.647. The molecule has 0 aromatic heterocycles. The Morgan fingerprint density at radius 3 is 2.33 bits per heavy atom. The van der Waals surface area contributed by atoms with E-state index < -0.39 is 0 Å². The molecule has 1 N–H and O–H groups in total. The first-order chi connectivity index (χ1) is 8.58. The Morgan fingerprint density at radius 2 is 1.78 bits per heavy atom. The van der Waals surface area contributed by atoms with Gasteiger partial charge in [-0.1, -0.05) is 37.5 Å². The highest BCUT2D eigenvalue weighted by atomic mass is 14.9. The summed E-state index contributed by atoms with van der Waals surface area (Å²) < 4.78 is 0. The van der Waals surface area contributed by atoms with Gasteiger partial charge >= 0.3 is 0 Å². The third-order valence-corrected chi connectivity index (χ3v) is 4.59. The van der Waals surface area contributed by atoms with E-state index in [0.717, 1.165) is 18.4 Å². The van der Waals surface area contributed by atoms with Gasteiger partial charge in [-0.15, -0.1) is 0 Å². The predicted octanol–water partition coefficient (Wildman–Crippen LogP) is 4.14. The maximum Gasteiger partial charge on any atom is 0.0210 e. The van der Waals surface area contributed by atoms with Crippen molar-refractivity contribution in [2.24, 2.45) is 11.8 Å². The lowest BCUT2D eigenvalue weighted by Gasteiger charge is -2.17. The Morgan fingerprint density at radius 1 is 1.11 bits per heavy atom. The van der Waals surface area contributed by atoms with Crippen LogP contribution in [-0.4, -0.2) is 6.54 Å². The van der Waals surface area contributed by atoms with Gasteiger partial charge < -0.3 is 5.32 Å². The van der Waals surface area contributed by atoms with Crippen LogP contribution in [0.5, 0.6) is 0 Å². The molecule has 100 valence electrons. The molecule has 0 spiro atoms. The van der Waals surface area contributed by atoms with Gasteiger partial charge in [-0.2, -0.15) is 0 Å². The van der Waals surface area contributed by atoms with Crippen LogP contribution >= 0.6 is 0 Å². The fourth-order valence-electron chi connectivity index (χ4n) is 3.40. The molecule has 2 atom stereocenters. The average Bonchev–Trinajstić information content (AvgIpc) is 2.68. The van der Waals surface area contributed by atoms with Crippen LogP contribution in [0.4, 0.5) is 0 Å². The van der Waals surface area contributed by atoms with E-state index in [4.69, 9.17) is 0 Å². The molecule has 1 fully saturated rings. The van der Waals surface area contributed by atoms with Crippen LogP contribution in [0.25, 0.3) is 0 Å². The highest BCUT2D eigenvalue weighted by Gasteiger charge is 2.22. The van der Waals surface area contributed by atoms with E-state index >= 15 is 0 Å². The average molecular weight is 245 g/mol. The minimum atomic E-state index is 0.899. The molecule has 0 heterocycles. The first-order valence-corrected chi connectivity index (χ1v) is 7.35.